The monoisotopic (exact) mass is 662 g/mol. The molecule has 1 saturated carbocycles. The van der Waals surface area contributed by atoms with Crippen LogP contribution in [0, 0.1) is 0 Å². The van der Waals surface area contributed by atoms with Crippen LogP contribution in [0.4, 0.5) is 4.79 Å². The van der Waals surface area contributed by atoms with Crippen LogP contribution >= 0.6 is 15.9 Å². The Morgan fingerprint density at radius 1 is 1.05 bits per heavy atom. The third-order valence-corrected chi connectivity index (χ3v) is 9.47. The first-order valence-electron chi connectivity index (χ1n) is 15.0. The van der Waals surface area contributed by atoms with Gasteiger partial charge in [-0.3, -0.25) is 14.4 Å². The van der Waals surface area contributed by atoms with Crippen molar-refractivity contribution in [1.82, 2.24) is 20.9 Å². The Labute approximate surface area is 263 Å². The molecule has 44 heavy (non-hydrogen) atoms. The fourth-order valence-corrected chi connectivity index (χ4v) is 7.16. The van der Waals surface area contributed by atoms with Gasteiger partial charge in [0.05, 0.1) is 17.6 Å². The zero-order valence-corrected chi connectivity index (χ0v) is 25.8. The number of carbonyl (C=O) groups is 4. The molecule has 0 radical (unpaired) electrons. The number of carboxylic acid groups (broad SMARTS) is 1. The number of benzene rings is 3. The van der Waals surface area contributed by atoms with Gasteiger partial charge in [-0.15, -0.1) is 0 Å². The summed E-state index contributed by atoms with van der Waals surface area (Å²) in [5.41, 5.74) is 0.134. The molecular weight excluding hydrogens is 628 g/mol. The number of nitrogens with one attached hydrogen (secondary N) is 3. The topological polar surface area (TPSA) is 137 Å². The van der Waals surface area contributed by atoms with Crippen LogP contribution < -0.4 is 20.7 Å². The minimum atomic E-state index is -1.16. The lowest BCUT2D eigenvalue weighted by Gasteiger charge is -2.33. The Bertz CT molecular complexity index is 1610. The van der Waals surface area contributed by atoms with Crippen molar-refractivity contribution < 1.29 is 29.0 Å². The van der Waals surface area contributed by atoms with Crippen LogP contribution in [0.25, 0.3) is 10.8 Å². The molecule has 6 rings (SSSR count). The second kappa shape index (κ2) is 12.5. The maximum absolute atomic E-state index is 14.1. The van der Waals surface area contributed by atoms with Crippen LogP contribution in [0.1, 0.15) is 54.4 Å². The molecule has 3 aliphatic rings. The maximum Gasteiger partial charge on any atom is 0.404 e. The van der Waals surface area contributed by atoms with Crippen LogP contribution in [0.15, 0.2) is 65.1 Å². The van der Waals surface area contributed by atoms with Gasteiger partial charge in [0.25, 0.3) is 5.91 Å². The Balaban J connectivity index is 1.36. The molecule has 0 aromatic heterocycles. The fraction of sp³-hybridized carbons (Fsp3) is 0.394. The molecular formula is C33H35BrN4O6. The Morgan fingerprint density at radius 3 is 2.59 bits per heavy atom. The molecule has 10 nitrogen and oxygen atoms in total. The molecule has 1 saturated heterocycles. The summed E-state index contributed by atoms with van der Waals surface area (Å²) in [6, 6.07) is 17.8. The predicted octanol–water partition coefficient (Wildman–Crippen LogP) is 4.39. The highest BCUT2D eigenvalue weighted by atomic mass is 79.9. The van der Waals surface area contributed by atoms with Crippen molar-refractivity contribution in [3.05, 3.63) is 76.3 Å². The van der Waals surface area contributed by atoms with Crippen molar-refractivity contribution in [1.29, 1.82) is 0 Å². The number of amides is 4. The highest BCUT2D eigenvalue weighted by Gasteiger charge is 2.44. The minimum absolute atomic E-state index is 0.0163. The lowest BCUT2D eigenvalue weighted by atomic mass is 9.93. The molecule has 1 spiro atoms. The summed E-state index contributed by atoms with van der Waals surface area (Å²) in [6.45, 7) is 0.270. The second-order valence-corrected chi connectivity index (χ2v) is 13.0. The molecule has 3 aromatic carbocycles. The second-order valence-electron chi connectivity index (χ2n) is 12.0. The zero-order valence-electron chi connectivity index (χ0n) is 24.2. The van der Waals surface area contributed by atoms with Gasteiger partial charge in [-0.1, -0.05) is 71.2 Å². The van der Waals surface area contributed by atoms with Crippen molar-refractivity contribution in [3.63, 3.8) is 0 Å². The highest BCUT2D eigenvalue weighted by molar-refractivity contribution is 9.10. The summed E-state index contributed by atoms with van der Waals surface area (Å²) in [5, 5.41) is 20.2. The SMILES string of the molecule is O=C(O)N[C@@H]1C[C@H]2COc3ccc(Br)cc3C(=O)NC3(CCCC3)C(=O)N[C@@H](Cc3ccc4ccccc4c3)CC(=O)N2C1. The molecule has 0 bridgehead atoms. The number of hydrogen-bond acceptors (Lipinski definition) is 5. The first-order valence-corrected chi connectivity index (χ1v) is 15.8. The molecule has 2 fully saturated rings. The van der Waals surface area contributed by atoms with Crippen molar-refractivity contribution >= 4 is 50.5 Å². The van der Waals surface area contributed by atoms with Crippen LogP contribution in [0.3, 0.4) is 0 Å². The zero-order chi connectivity index (χ0) is 30.8. The summed E-state index contributed by atoms with van der Waals surface area (Å²) in [6.07, 6.45) is 2.18. The van der Waals surface area contributed by atoms with Crippen LogP contribution in [0.5, 0.6) is 5.75 Å². The van der Waals surface area contributed by atoms with Crippen LogP contribution in [-0.2, 0) is 16.0 Å². The van der Waals surface area contributed by atoms with E-state index in [1.165, 1.54) is 0 Å². The molecule has 11 heteroatoms. The predicted molar refractivity (Wildman–Crippen MR) is 168 cm³/mol. The van der Waals surface area contributed by atoms with E-state index in [0.29, 0.717) is 35.9 Å². The van der Waals surface area contributed by atoms with E-state index in [-0.39, 0.29) is 37.0 Å². The maximum atomic E-state index is 14.1. The molecule has 2 aliphatic heterocycles. The molecule has 4 N–H and O–H groups in total. The lowest BCUT2D eigenvalue weighted by Crippen LogP contribution is -2.59. The van der Waals surface area contributed by atoms with Gasteiger partial charge < -0.3 is 30.7 Å². The number of fused-ring (bicyclic) bond motifs is 3. The summed E-state index contributed by atoms with van der Waals surface area (Å²) in [5.74, 6) is -0.587. The van der Waals surface area contributed by atoms with Crippen molar-refractivity contribution in [2.75, 3.05) is 13.2 Å². The van der Waals surface area contributed by atoms with Gasteiger partial charge >= 0.3 is 6.09 Å². The molecule has 3 atom stereocenters. The fourth-order valence-electron chi connectivity index (χ4n) is 6.80. The van der Waals surface area contributed by atoms with E-state index in [9.17, 15) is 24.3 Å². The van der Waals surface area contributed by atoms with E-state index in [2.05, 4.69) is 37.9 Å². The lowest BCUT2D eigenvalue weighted by molar-refractivity contribution is -0.134. The van der Waals surface area contributed by atoms with Gasteiger partial charge in [0.15, 0.2) is 0 Å². The van der Waals surface area contributed by atoms with Crippen molar-refractivity contribution in [2.45, 2.75) is 68.6 Å². The number of rotatable bonds is 3. The molecule has 2 heterocycles. The van der Waals surface area contributed by atoms with Crippen molar-refractivity contribution in [3.8, 4) is 5.75 Å². The number of ether oxygens (including phenoxy) is 1. The van der Waals surface area contributed by atoms with Crippen LogP contribution in [0.2, 0.25) is 0 Å². The largest absolute Gasteiger partial charge is 0.491 e. The van der Waals surface area contributed by atoms with E-state index < -0.39 is 35.7 Å². The highest BCUT2D eigenvalue weighted by Crippen LogP contribution is 2.33. The molecule has 3 aromatic rings. The van der Waals surface area contributed by atoms with Gasteiger partial charge in [0.2, 0.25) is 11.8 Å². The number of nitrogens with zero attached hydrogens (tertiary/aromatic N) is 1. The first-order chi connectivity index (χ1) is 21.2. The Kier molecular flexibility index (Phi) is 8.48. The van der Waals surface area contributed by atoms with E-state index >= 15 is 0 Å². The van der Waals surface area contributed by atoms with E-state index in [1.54, 1.807) is 23.1 Å². The number of carbonyl (C=O) groups excluding carboxylic acids is 3. The van der Waals surface area contributed by atoms with Crippen LogP contribution in [-0.4, -0.2) is 70.6 Å². The van der Waals surface area contributed by atoms with Gasteiger partial charge in [-0.05, 0) is 60.2 Å². The van der Waals surface area contributed by atoms with Gasteiger partial charge in [-0.25, -0.2) is 4.79 Å². The Morgan fingerprint density at radius 2 is 1.82 bits per heavy atom. The van der Waals surface area contributed by atoms with E-state index in [0.717, 1.165) is 29.2 Å². The summed E-state index contributed by atoms with van der Waals surface area (Å²) in [7, 11) is 0. The van der Waals surface area contributed by atoms with Crippen molar-refractivity contribution in [2.24, 2.45) is 0 Å². The van der Waals surface area contributed by atoms with E-state index in [1.807, 2.05) is 36.4 Å². The number of halogens is 1. The van der Waals surface area contributed by atoms with Gasteiger partial charge in [0.1, 0.15) is 17.9 Å². The number of hydrogen-bond donors (Lipinski definition) is 4. The summed E-state index contributed by atoms with van der Waals surface area (Å²) >= 11 is 3.44. The average molecular weight is 664 g/mol. The van der Waals surface area contributed by atoms with Gasteiger partial charge in [0, 0.05) is 23.5 Å². The normalized spacial score (nSPS) is 23.7. The summed E-state index contributed by atoms with van der Waals surface area (Å²) < 4.78 is 6.84. The first kappa shape index (κ1) is 29.9. The standard InChI is InChI=1S/C33H35BrN4O6/c34-23-9-10-28-27(15-23)30(40)37-33(11-3-4-12-33)31(41)35-24(14-20-7-8-21-5-1-2-6-22(21)13-20)17-29(39)38-18-25(36-32(42)43)16-26(38)19-44-28/h1-2,5-10,13,15,24-26,36H,3-4,11-12,14,16-19H2,(H,35,41)(H,37,40)(H,42,43)/t24-,25+,26-/m0/s1. The quantitative estimate of drug-likeness (QED) is 0.328. The van der Waals surface area contributed by atoms with Gasteiger partial charge in [-0.2, -0.15) is 0 Å². The smallest absolute Gasteiger partial charge is 0.404 e. The molecule has 0 unspecified atom stereocenters. The van der Waals surface area contributed by atoms with E-state index in [4.69, 9.17) is 4.74 Å². The molecule has 1 aliphatic carbocycles. The average Bonchev–Trinajstić information content (AvgIpc) is 3.63. The Hall–Kier alpha value is -4.12. The molecule has 230 valence electrons. The minimum Gasteiger partial charge on any atom is -0.491 e. The third-order valence-electron chi connectivity index (χ3n) is 8.98. The third kappa shape index (κ3) is 6.38. The summed E-state index contributed by atoms with van der Waals surface area (Å²) in [4.78, 5) is 54.9. The molecule has 4 amide bonds.